The molecular formula is C14H14ClNO. The van der Waals surface area contributed by atoms with Crippen molar-refractivity contribution in [2.75, 3.05) is 5.32 Å². The van der Waals surface area contributed by atoms with Crippen molar-refractivity contribution in [3.8, 4) is 0 Å². The van der Waals surface area contributed by atoms with Gasteiger partial charge in [0.2, 0.25) is 5.91 Å². The third-order valence-electron chi connectivity index (χ3n) is 3.54. The Balaban J connectivity index is 2.02. The molecule has 3 heteroatoms. The summed E-state index contributed by atoms with van der Waals surface area (Å²) in [6.45, 7) is 0. The van der Waals surface area contributed by atoms with Crippen LogP contribution in [0.25, 0.3) is 0 Å². The molecule has 0 saturated heterocycles. The number of carbonyl (C=O) groups is 1. The highest BCUT2D eigenvalue weighted by molar-refractivity contribution is 6.31. The van der Waals surface area contributed by atoms with E-state index in [1.807, 2.05) is 18.2 Å². The molecule has 1 aromatic rings. The fourth-order valence-corrected chi connectivity index (χ4v) is 2.90. The highest BCUT2D eigenvalue weighted by Crippen LogP contribution is 2.41. The van der Waals surface area contributed by atoms with Gasteiger partial charge in [0.05, 0.1) is 5.92 Å². The van der Waals surface area contributed by atoms with Crippen molar-refractivity contribution in [2.24, 2.45) is 0 Å². The number of hydrogen-bond donors (Lipinski definition) is 1. The van der Waals surface area contributed by atoms with Crippen molar-refractivity contribution in [3.63, 3.8) is 0 Å². The van der Waals surface area contributed by atoms with E-state index in [1.165, 1.54) is 18.4 Å². The quantitative estimate of drug-likeness (QED) is 0.750. The van der Waals surface area contributed by atoms with Gasteiger partial charge in [-0.1, -0.05) is 29.3 Å². The maximum atomic E-state index is 12.0. The number of halogens is 1. The second-order valence-electron chi connectivity index (χ2n) is 4.68. The first kappa shape index (κ1) is 10.8. The summed E-state index contributed by atoms with van der Waals surface area (Å²) in [7, 11) is 0. The molecule has 17 heavy (non-hydrogen) atoms. The van der Waals surface area contributed by atoms with Crippen LogP contribution in [0.2, 0.25) is 5.02 Å². The lowest BCUT2D eigenvalue weighted by atomic mass is 9.85. The number of amides is 1. The maximum Gasteiger partial charge on any atom is 0.236 e. The van der Waals surface area contributed by atoms with Crippen LogP contribution in [0.15, 0.2) is 29.8 Å². The number of anilines is 1. The summed E-state index contributed by atoms with van der Waals surface area (Å²) in [5.74, 6) is 0.0120. The molecule has 1 N–H and O–H groups in total. The van der Waals surface area contributed by atoms with Crippen molar-refractivity contribution in [3.05, 3.63) is 40.4 Å². The molecule has 3 rings (SSSR count). The molecule has 0 radical (unpaired) electrons. The number of carbonyl (C=O) groups excluding carboxylic acids is 1. The minimum absolute atomic E-state index is 0.0810. The van der Waals surface area contributed by atoms with Gasteiger partial charge >= 0.3 is 0 Å². The minimum atomic E-state index is -0.0810. The highest BCUT2D eigenvalue weighted by Gasteiger charge is 2.33. The van der Waals surface area contributed by atoms with Gasteiger partial charge in [-0.2, -0.15) is 0 Å². The Kier molecular flexibility index (Phi) is 2.67. The molecule has 0 aromatic heterocycles. The third-order valence-corrected chi connectivity index (χ3v) is 3.78. The zero-order chi connectivity index (χ0) is 11.8. The van der Waals surface area contributed by atoms with Crippen molar-refractivity contribution in [1.29, 1.82) is 0 Å². The van der Waals surface area contributed by atoms with E-state index in [0.717, 1.165) is 24.1 Å². The normalized spacial score (nSPS) is 23.0. The first-order valence-corrected chi connectivity index (χ1v) is 6.43. The zero-order valence-corrected chi connectivity index (χ0v) is 10.3. The maximum absolute atomic E-state index is 12.0. The van der Waals surface area contributed by atoms with Crippen LogP contribution >= 0.6 is 11.6 Å². The van der Waals surface area contributed by atoms with Gasteiger partial charge in [0.25, 0.3) is 0 Å². The van der Waals surface area contributed by atoms with Crippen molar-refractivity contribution < 1.29 is 4.79 Å². The molecule has 1 heterocycles. The molecule has 0 fully saturated rings. The predicted octanol–water partition coefficient (Wildman–Crippen LogP) is 3.88. The Bertz CT molecular complexity index is 507. The van der Waals surface area contributed by atoms with Gasteiger partial charge in [-0.3, -0.25) is 4.79 Å². The number of fused-ring (bicyclic) bond motifs is 1. The van der Waals surface area contributed by atoms with Crippen LogP contribution in [0.5, 0.6) is 0 Å². The van der Waals surface area contributed by atoms with E-state index in [2.05, 4.69) is 11.4 Å². The Labute approximate surface area is 106 Å². The average Bonchev–Trinajstić information content (AvgIpc) is 2.65. The van der Waals surface area contributed by atoms with Gasteiger partial charge in [0.15, 0.2) is 0 Å². The van der Waals surface area contributed by atoms with Gasteiger partial charge in [-0.05, 0) is 43.4 Å². The van der Waals surface area contributed by atoms with Gasteiger partial charge < -0.3 is 5.32 Å². The fourth-order valence-electron chi connectivity index (χ4n) is 2.73. The molecule has 2 nitrogen and oxygen atoms in total. The Hall–Kier alpha value is -1.28. The number of nitrogens with one attached hydrogen (secondary N) is 1. The smallest absolute Gasteiger partial charge is 0.236 e. The Morgan fingerprint density at radius 3 is 2.94 bits per heavy atom. The molecule has 1 amide bonds. The summed E-state index contributed by atoms with van der Waals surface area (Å²) in [6, 6.07) is 5.66. The standard InChI is InChI=1S/C14H14ClNO/c15-10-6-7-11-12(8-10)16-14(17)13(11)9-4-2-1-3-5-9/h4,6-8,13H,1-3,5H2,(H,16,17). The second-order valence-corrected chi connectivity index (χ2v) is 5.12. The van der Waals surface area contributed by atoms with E-state index in [9.17, 15) is 4.79 Å². The van der Waals surface area contributed by atoms with Gasteiger partial charge in [-0.15, -0.1) is 0 Å². The molecular weight excluding hydrogens is 234 g/mol. The summed E-state index contributed by atoms with van der Waals surface area (Å²) in [6.07, 6.45) is 6.81. The van der Waals surface area contributed by atoms with Crippen molar-refractivity contribution in [2.45, 2.75) is 31.6 Å². The molecule has 88 valence electrons. The largest absolute Gasteiger partial charge is 0.325 e. The zero-order valence-electron chi connectivity index (χ0n) is 9.50. The molecule has 0 bridgehead atoms. The number of allylic oxidation sites excluding steroid dienone is 1. The molecule has 1 atom stereocenters. The summed E-state index contributed by atoms with van der Waals surface area (Å²) in [4.78, 5) is 12.0. The van der Waals surface area contributed by atoms with Gasteiger partial charge in [0.1, 0.15) is 0 Å². The first-order valence-electron chi connectivity index (χ1n) is 6.05. The van der Waals surface area contributed by atoms with Crippen LogP contribution < -0.4 is 5.32 Å². The molecule has 1 aliphatic carbocycles. The molecule has 1 aromatic carbocycles. The van der Waals surface area contributed by atoms with Crippen LogP contribution in [0, 0.1) is 0 Å². The van der Waals surface area contributed by atoms with E-state index in [1.54, 1.807) is 0 Å². The van der Waals surface area contributed by atoms with Crippen LogP contribution in [0.1, 0.15) is 37.2 Å². The summed E-state index contributed by atoms with van der Waals surface area (Å²) in [5, 5.41) is 3.59. The van der Waals surface area contributed by atoms with Gasteiger partial charge in [-0.25, -0.2) is 0 Å². The molecule has 2 aliphatic rings. The van der Waals surface area contributed by atoms with E-state index >= 15 is 0 Å². The van der Waals surface area contributed by atoms with E-state index in [-0.39, 0.29) is 11.8 Å². The molecule has 0 spiro atoms. The van der Waals surface area contributed by atoms with Crippen LogP contribution in [-0.4, -0.2) is 5.91 Å². The molecule has 1 unspecified atom stereocenters. The number of rotatable bonds is 1. The highest BCUT2D eigenvalue weighted by atomic mass is 35.5. The Morgan fingerprint density at radius 2 is 2.18 bits per heavy atom. The van der Waals surface area contributed by atoms with Crippen molar-refractivity contribution in [1.82, 2.24) is 0 Å². The molecule has 0 saturated carbocycles. The summed E-state index contributed by atoms with van der Waals surface area (Å²) < 4.78 is 0. The minimum Gasteiger partial charge on any atom is -0.325 e. The average molecular weight is 248 g/mol. The van der Waals surface area contributed by atoms with E-state index in [0.29, 0.717) is 5.02 Å². The Morgan fingerprint density at radius 1 is 1.29 bits per heavy atom. The number of benzene rings is 1. The summed E-state index contributed by atoms with van der Waals surface area (Å²) >= 11 is 5.94. The monoisotopic (exact) mass is 247 g/mol. The SMILES string of the molecule is O=C1Nc2cc(Cl)ccc2C1C1=CCCCC1. The van der Waals surface area contributed by atoms with Crippen molar-refractivity contribution >= 4 is 23.2 Å². The van der Waals surface area contributed by atoms with Gasteiger partial charge in [0, 0.05) is 10.7 Å². The summed E-state index contributed by atoms with van der Waals surface area (Å²) in [5.41, 5.74) is 3.22. The van der Waals surface area contributed by atoms with Crippen LogP contribution in [-0.2, 0) is 4.79 Å². The lowest BCUT2D eigenvalue weighted by Gasteiger charge is -2.17. The van der Waals surface area contributed by atoms with Crippen LogP contribution in [0.4, 0.5) is 5.69 Å². The van der Waals surface area contributed by atoms with E-state index < -0.39 is 0 Å². The predicted molar refractivity (Wildman–Crippen MR) is 69.4 cm³/mol. The third kappa shape index (κ3) is 1.87. The fraction of sp³-hybridized carbons (Fsp3) is 0.357. The topological polar surface area (TPSA) is 29.1 Å². The first-order chi connectivity index (χ1) is 8.25. The lowest BCUT2D eigenvalue weighted by Crippen LogP contribution is -2.15. The molecule has 1 aliphatic heterocycles. The lowest BCUT2D eigenvalue weighted by molar-refractivity contribution is -0.116. The number of hydrogen-bond acceptors (Lipinski definition) is 1. The second kappa shape index (κ2) is 4.19. The van der Waals surface area contributed by atoms with E-state index in [4.69, 9.17) is 11.6 Å². The van der Waals surface area contributed by atoms with Crippen LogP contribution in [0.3, 0.4) is 0 Å².